The average Bonchev–Trinajstić information content (AvgIpc) is 2.51. The summed E-state index contributed by atoms with van der Waals surface area (Å²) < 4.78 is 9.70. The van der Waals surface area contributed by atoms with Crippen molar-refractivity contribution in [3.05, 3.63) is 35.9 Å². The predicted molar refractivity (Wildman–Crippen MR) is 80.8 cm³/mol. The number of carbonyl (C=O) groups is 2. The van der Waals surface area contributed by atoms with Gasteiger partial charge in [0.25, 0.3) is 0 Å². The number of rotatable bonds is 6. The first-order chi connectivity index (χ1) is 9.97. The summed E-state index contributed by atoms with van der Waals surface area (Å²) in [7, 11) is 4.59. The second-order valence-corrected chi connectivity index (χ2v) is 4.75. The van der Waals surface area contributed by atoms with Crippen molar-refractivity contribution < 1.29 is 19.1 Å². The van der Waals surface area contributed by atoms with E-state index in [9.17, 15) is 9.59 Å². The third kappa shape index (κ3) is 5.30. The lowest BCUT2D eigenvalue weighted by atomic mass is 10.1. The van der Waals surface area contributed by atoms with E-state index in [0.29, 0.717) is 6.54 Å². The number of amides is 1. The number of esters is 1. The SMILES string of the molecule is COC(=O)C(C)CN(C)C(=O)C=Cc1ccc(OC)cc1. The van der Waals surface area contributed by atoms with Crippen molar-refractivity contribution in [2.75, 3.05) is 27.8 Å². The molecule has 1 aromatic carbocycles. The van der Waals surface area contributed by atoms with Gasteiger partial charge in [-0.05, 0) is 23.8 Å². The fraction of sp³-hybridized carbons (Fsp3) is 0.375. The molecular formula is C16H21NO4. The van der Waals surface area contributed by atoms with Gasteiger partial charge in [0.2, 0.25) is 5.91 Å². The van der Waals surface area contributed by atoms with E-state index in [1.54, 1.807) is 27.2 Å². The molecule has 5 nitrogen and oxygen atoms in total. The van der Waals surface area contributed by atoms with E-state index in [4.69, 9.17) is 4.74 Å². The van der Waals surface area contributed by atoms with Gasteiger partial charge in [-0.25, -0.2) is 0 Å². The Morgan fingerprint density at radius 1 is 1.24 bits per heavy atom. The smallest absolute Gasteiger partial charge is 0.310 e. The van der Waals surface area contributed by atoms with Crippen LogP contribution in [0.4, 0.5) is 0 Å². The zero-order chi connectivity index (χ0) is 15.8. The summed E-state index contributed by atoms with van der Waals surface area (Å²) in [4.78, 5) is 24.8. The average molecular weight is 291 g/mol. The van der Waals surface area contributed by atoms with Crippen molar-refractivity contribution in [1.82, 2.24) is 4.90 Å². The molecule has 0 saturated heterocycles. The molecule has 0 aliphatic rings. The van der Waals surface area contributed by atoms with Crippen LogP contribution in [0.5, 0.6) is 5.75 Å². The van der Waals surface area contributed by atoms with E-state index < -0.39 is 0 Å². The van der Waals surface area contributed by atoms with Crippen LogP contribution >= 0.6 is 0 Å². The van der Waals surface area contributed by atoms with Crippen molar-refractivity contribution in [1.29, 1.82) is 0 Å². The summed E-state index contributed by atoms with van der Waals surface area (Å²) in [6.07, 6.45) is 3.20. The number of ether oxygens (including phenoxy) is 2. The maximum absolute atomic E-state index is 11.9. The van der Waals surface area contributed by atoms with Crippen molar-refractivity contribution in [2.45, 2.75) is 6.92 Å². The molecule has 0 heterocycles. The molecule has 0 N–H and O–H groups in total. The minimum Gasteiger partial charge on any atom is -0.497 e. The predicted octanol–water partition coefficient (Wildman–Crippen LogP) is 1.98. The van der Waals surface area contributed by atoms with Crippen LogP contribution in [0.25, 0.3) is 6.08 Å². The number of likely N-dealkylation sites (N-methyl/N-ethyl adjacent to an activating group) is 1. The molecule has 0 aliphatic carbocycles. The Hall–Kier alpha value is -2.30. The number of carbonyl (C=O) groups excluding carboxylic acids is 2. The van der Waals surface area contributed by atoms with Gasteiger partial charge in [-0.2, -0.15) is 0 Å². The fourth-order valence-electron chi connectivity index (χ4n) is 1.79. The third-order valence-corrected chi connectivity index (χ3v) is 3.06. The number of benzene rings is 1. The highest BCUT2D eigenvalue weighted by molar-refractivity contribution is 5.91. The Morgan fingerprint density at radius 3 is 2.38 bits per heavy atom. The number of nitrogens with zero attached hydrogens (tertiary/aromatic N) is 1. The third-order valence-electron chi connectivity index (χ3n) is 3.06. The standard InChI is InChI=1S/C16H21NO4/c1-12(16(19)21-4)11-17(2)15(18)10-7-13-5-8-14(20-3)9-6-13/h5-10,12H,11H2,1-4H3. The molecule has 1 amide bonds. The molecule has 1 rings (SSSR count). The van der Waals surface area contributed by atoms with Gasteiger partial charge in [0.15, 0.2) is 0 Å². The zero-order valence-electron chi connectivity index (χ0n) is 12.8. The van der Waals surface area contributed by atoms with E-state index >= 15 is 0 Å². The maximum Gasteiger partial charge on any atom is 0.310 e. The second kappa shape index (κ2) is 8.09. The van der Waals surface area contributed by atoms with Gasteiger partial charge in [-0.1, -0.05) is 19.1 Å². The summed E-state index contributed by atoms with van der Waals surface area (Å²) in [6.45, 7) is 2.04. The molecule has 0 bridgehead atoms. The molecule has 0 aliphatic heterocycles. The molecule has 0 fully saturated rings. The summed E-state index contributed by atoms with van der Waals surface area (Å²) in [5.41, 5.74) is 0.901. The Morgan fingerprint density at radius 2 is 1.86 bits per heavy atom. The van der Waals surface area contributed by atoms with Crippen LogP contribution in [-0.2, 0) is 14.3 Å². The van der Waals surface area contributed by atoms with Crippen molar-refractivity contribution in [3.8, 4) is 5.75 Å². The van der Waals surface area contributed by atoms with Crippen LogP contribution in [0.15, 0.2) is 30.3 Å². The van der Waals surface area contributed by atoms with E-state index in [2.05, 4.69) is 4.74 Å². The fourth-order valence-corrected chi connectivity index (χ4v) is 1.79. The first kappa shape index (κ1) is 16.8. The number of hydrogen-bond acceptors (Lipinski definition) is 4. The van der Waals surface area contributed by atoms with E-state index in [0.717, 1.165) is 11.3 Å². The van der Waals surface area contributed by atoms with E-state index in [-0.39, 0.29) is 17.8 Å². The maximum atomic E-state index is 11.9. The minimum atomic E-state index is -0.349. The summed E-state index contributed by atoms with van der Waals surface area (Å²) in [6, 6.07) is 7.37. The first-order valence-electron chi connectivity index (χ1n) is 6.63. The van der Waals surface area contributed by atoms with E-state index in [1.807, 2.05) is 24.3 Å². The zero-order valence-corrected chi connectivity index (χ0v) is 12.8. The molecule has 0 saturated carbocycles. The molecule has 0 spiro atoms. The van der Waals surface area contributed by atoms with Crippen molar-refractivity contribution in [3.63, 3.8) is 0 Å². The minimum absolute atomic E-state index is 0.165. The first-order valence-corrected chi connectivity index (χ1v) is 6.63. The Kier molecular flexibility index (Phi) is 6.46. The van der Waals surface area contributed by atoms with E-state index in [1.165, 1.54) is 18.1 Å². The molecule has 1 aromatic rings. The lowest BCUT2D eigenvalue weighted by Gasteiger charge is -2.18. The molecule has 114 valence electrons. The monoisotopic (exact) mass is 291 g/mol. The van der Waals surface area contributed by atoms with Gasteiger partial charge in [0.1, 0.15) is 5.75 Å². The molecule has 5 heteroatoms. The summed E-state index contributed by atoms with van der Waals surface area (Å²) >= 11 is 0. The summed E-state index contributed by atoms with van der Waals surface area (Å²) in [5.74, 6) is -0.0730. The quantitative estimate of drug-likeness (QED) is 0.594. The molecule has 0 radical (unpaired) electrons. The van der Waals surface area contributed by atoms with Gasteiger partial charge in [0, 0.05) is 19.7 Å². The van der Waals surface area contributed by atoms with Gasteiger partial charge >= 0.3 is 5.97 Å². The molecule has 1 unspecified atom stereocenters. The largest absolute Gasteiger partial charge is 0.497 e. The normalized spacial score (nSPS) is 12.0. The Bertz CT molecular complexity index is 508. The van der Waals surface area contributed by atoms with Crippen LogP contribution in [0.2, 0.25) is 0 Å². The second-order valence-electron chi connectivity index (χ2n) is 4.75. The highest BCUT2D eigenvalue weighted by Gasteiger charge is 2.17. The molecule has 1 atom stereocenters. The van der Waals surface area contributed by atoms with Gasteiger partial charge in [-0.15, -0.1) is 0 Å². The van der Waals surface area contributed by atoms with Gasteiger partial charge in [-0.3, -0.25) is 9.59 Å². The highest BCUT2D eigenvalue weighted by atomic mass is 16.5. The molecular weight excluding hydrogens is 270 g/mol. The topological polar surface area (TPSA) is 55.8 Å². The van der Waals surface area contributed by atoms with Crippen molar-refractivity contribution >= 4 is 18.0 Å². The van der Waals surface area contributed by atoms with Crippen LogP contribution in [0.3, 0.4) is 0 Å². The molecule has 0 aromatic heterocycles. The van der Waals surface area contributed by atoms with Crippen LogP contribution in [0.1, 0.15) is 12.5 Å². The molecule has 21 heavy (non-hydrogen) atoms. The van der Waals surface area contributed by atoms with Crippen LogP contribution < -0.4 is 4.74 Å². The van der Waals surface area contributed by atoms with Crippen LogP contribution in [0, 0.1) is 5.92 Å². The lowest BCUT2D eigenvalue weighted by molar-refractivity contribution is -0.145. The Balaban J connectivity index is 2.58. The highest BCUT2D eigenvalue weighted by Crippen LogP contribution is 2.12. The van der Waals surface area contributed by atoms with Crippen molar-refractivity contribution in [2.24, 2.45) is 5.92 Å². The van der Waals surface area contributed by atoms with Gasteiger partial charge < -0.3 is 14.4 Å². The summed E-state index contributed by atoms with van der Waals surface area (Å²) in [5, 5.41) is 0. The number of hydrogen-bond donors (Lipinski definition) is 0. The van der Waals surface area contributed by atoms with Crippen LogP contribution in [-0.4, -0.2) is 44.6 Å². The number of methoxy groups -OCH3 is 2. The Labute approximate surface area is 125 Å². The lowest BCUT2D eigenvalue weighted by Crippen LogP contribution is -2.33. The van der Waals surface area contributed by atoms with Gasteiger partial charge in [0.05, 0.1) is 20.1 Å².